The number of benzene rings is 3. The summed E-state index contributed by atoms with van der Waals surface area (Å²) in [5.41, 5.74) is 3.12. The number of carbonyl (C=O) groups excluding carboxylic acids is 1. The van der Waals surface area contributed by atoms with Gasteiger partial charge in [0.05, 0.1) is 5.56 Å². The van der Waals surface area contributed by atoms with Crippen LogP contribution in [0.5, 0.6) is 0 Å². The van der Waals surface area contributed by atoms with E-state index >= 15 is 0 Å². The molecular weight excluding hydrogens is 382 g/mol. The highest BCUT2D eigenvalue weighted by Gasteiger charge is 2.10. The molecule has 0 aliphatic heterocycles. The summed E-state index contributed by atoms with van der Waals surface area (Å²) in [5, 5.41) is 11.8. The molecule has 0 atom stereocenters. The molecule has 0 aliphatic carbocycles. The second-order valence-corrected chi connectivity index (χ2v) is 6.35. The number of carbonyl (C=O) groups is 2. The normalized spacial score (nSPS) is 10.3. The molecule has 0 unspecified atom stereocenters. The van der Waals surface area contributed by atoms with Crippen LogP contribution >= 0.6 is 15.9 Å². The molecule has 0 radical (unpaired) electrons. The third-order valence-electron chi connectivity index (χ3n) is 3.66. The molecule has 1 amide bonds. The molecule has 4 nitrogen and oxygen atoms in total. The number of anilines is 1. The van der Waals surface area contributed by atoms with E-state index in [1.54, 1.807) is 18.2 Å². The number of hydrogen-bond acceptors (Lipinski definition) is 2. The summed E-state index contributed by atoms with van der Waals surface area (Å²) in [6, 6.07) is 21.7. The minimum absolute atomic E-state index is 0.101. The number of carboxylic acid groups (broad SMARTS) is 1. The third-order valence-corrected chi connectivity index (χ3v) is 4.11. The van der Waals surface area contributed by atoms with E-state index in [9.17, 15) is 9.59 Å². The number of hydrogen-bond donors (Lipinski definition) is 2. The highest BCUT2D eigenvalue weighted by molar-refractivity contribution is 9.10. The molecule has 25 heavy (non-hydrogen) atoms. The Balaban J connectivity index is 1.79. The standard InChI is InChI=1S/C20H14BrNO3/c21-17-10-16(20(24)25)11-18(12-17)22-19(23)15-8-6-14(7-9-15)13-4-2-1-3-5-13/h1-12H,(H,22,23)(H,24,25). The van der Waals surface area contributed by atoms with Crippen molar-refractivity contribution in [3.05, 3.63) is 88.4 Å². The Hall–Kier alpha value is -2.92. The quantitative estimate of drug-likeness (QED) is 0.648. The number of aromatic carboxylic acids is 1. The van der Waals surface area contributed by atoms with E-state index in [4.69, 9.17) is 5.11 Å². The molecule has 5 heteroatoms. The zero-order chi connectivity index (χ0) is 17.8. The molecule has 0 saturated carbocycles. The summed E-state index contributed by atoms with van der Waals surface area (Å²) >= 11 is 3.25. The lowest BCUT2D eigenvalue weighted by molar-refractivity contribution is 0.0696. The smallest absolute Gasteiger partial charge is 0.335 e. The highest BCUT2D eigenvalue weighted by Crippen LogP contribution is 2.22. The van der Waals surface area contributed by atoms with Gasteiger partial charge in [-0.2, -0.15) is 0 Å². The monoisotopic (exact) mass is 395 g/mol. The Kier molecular flexibility index (Phi) is 4.95. The van der Waals surface area contributed by atoms with Gasteiger partial charge in [0.1, 0.15) is 0 Å². The fourth-order valence-corrected chi connectivity index (χ4v) is 2.93. The maximum absolute atomic E-state index is 12.4. The fraction of sp³-hybridized carbons (Fsp3) is 0. The SMILES string of the molecule is O=C(O)c1cc(Br)cc(NC(=O)c2ccc(-c3ccccc3)cc2)c1. The second kappa shape index (κ2) is 7.32. The molecule has 3 aromatic carbocycles. The topological polar surface area (TPSA) is 66.4 Å². The van der Waals surface area contributed by atoms with E-state index in [0.29, 0.717) is 15.7 Å². The van der Waals surface area contributed by atoms with Crippen molar-refractivity contribution in [2.45, 2.75) is 0 Å². The highest BCUT2D eigenvalue weighted by atomic mass is 79.9. The Morgan fingerprint density at radius 2 is 1.44 bits per heavy atom. The zero-order valence-electron chi connectivity index (χ0n) is 13.1. The molecule has 0 fully saturated rings. The molecule has 0 aliphatic rings. The van der Waals surface area contributed by atoms with Crippen LogP contribution in [0.15, 0.2) is 77.3 Å². The van der Waals surface area contributed by atoms with Gasteiger partial charge < -0.3 is 10.4 Å². The molecule has 3 rings (SSSR count). The summed E-state index contributed by atoms with van der Waals surface area (Å²) < 4.78 is 0.585. The van der Waals surface area contributed by atoms with Crippen molar-refractivity contribution in [1.82, 2.24) is 0 Å². The van der Waals surface area contributed by atoms with Gasteiger partial charge in [0.25, 0.3) is 5.91 Å². The van der Waals surface area contributed by atoms with Crippen molar-refractivity contribution in [2.75, 3.05) is 5.32 Å². The predicted molar refractivity (Wildman–Crippen MR) is 101 cm³/mol. The second-order valence-electron chi connectivity index (χ2n) is 5.43. The molecule has 0 heterocycles. The maximum Gasteiger partial charge on any atom is 0.335 e. The van der Waals surface area contributed by atoms with Gasteiger partial charge in [-0.1, -0.05) is 58.4 Å². The first-order chi connectivity index (χ1) is 12.0. The van der Waals surface area contributed by atoms with E-state index in [1.165, 1.54) is 12.1 Å². The van der Waals surface area contributed by atoms with Crippen LogP contribution in [0.3, 0.4) is 0 Å². The Labute approximate surface area is 153 Å². The predicted octanol–water partition coefficient (Wildman–Crippen LogP) is 5.07. The van der Waals surface area contributed by atoms with Crippen molar-refractivity contribution in [2.24, 2.45) is 0 Å². The van der Waals surface area contributed by atoms with Gasteiger partial charge >= 0.3 is 5.97 Å². The van der Waals surface area contributed by atoms with Gasteiger partial charge in [0, 0.05) is 15.7 Å². The number of halogens is 1. The maximum atomic E-state index is 12.4. The molecule has 0 saturated heterocycles. The van der Waals surface area contributed by atoms with Crippen LogP contribution in [0.4, 0.5) is 5.69 Å². The van der Waals surface area contributed by atoms with E-state index < -0.39 is 5.97 Å². The van der Waals surface area contributed by atoms with Crippen molar-refractivity contribution in [1.29, 1.82) is 0 Å². The minimum atomic E-state index is -1.05. The number of carboxylic acids is 1. The number of rotatable bonds is 4. The number of amides is 1. The van der Waals surface area contributed by atoms with E-state index in [1.807, 2.05) is 42.5 Å². The van der Waals surface area contributed by atoms with Crippen LogP contribution in [0.1, 0.15) is 20.7 Å². The lowest BCUT2D eigenvalue weighted by Gasteiger charge is -2.08. The van der Waals surface area contributed by atoms with Crippen molar-refractivity contribution >= 4 is 33.5 Å². The summed E-state index contributed by atoms with van der Waals surface area (Å²) in [4.78, 5) is 23.5. The Bertz CT molecular complexity index is 921. The largest absolute Gasteiger partial charge is 0.478 e. The first-order valence-corrected chi connectivity index (χ1v) is 8.33. The third kappa shape index (κ3) is 4.14. The average Bonchev–Trinajstić information content (AvgIpc) is 2.62. The van der Waals surface area contributed by atoms with Gasteiger partial charge in [-0.25, -0.2) is 4.79 Å². The average molecular weight is 396 g/mol. The molecule has 124 valence electrons. The molecule has 0 spiro atoms. The van der Waals surface area contributed by atoms with Gasteiger partial charge in [0.15, 0.2) is 0 Å². The van der Waals surface area contributed by atoms with Crippen LogP contribution in [0.25, 0.3) is 11.1 Å². The summed E-state index contributed by atoms with van der Waals surface area (Å²) in [6.07, 6.45) is 0. The zero-order valence-corrected chi connectivity index (χ0v) is 14.7. The Morgan fingerprint density at radius 1 is 0.800 bits per heavy atom. The number of nitrogens with one attached hydrogen (secondary N) is 1. The summed E-state index contributed by atoms with van der Waals surface area (Å²) in [5.74, 6) is -1.35. The van der Waals surface area contributed by atoms with Crippen LogP contribution < -0.4 is 5.32 Å². The lowest BCUT2D eigenvalue weighted by atomic mass is 10.0. The van der Waals surface area contributed by atoms with Gasteiger partial charge in [0.2, 0.25) is 0 Å². The molecule has 0 aromatic heterocycles. The fourth-order valence-electron chi connectivity index (χ4n) is 2.43. The first-order valence-electron chi connectivity index (χ1n) is 7.53. The van der Waals surface area contributed by atoms with Crippen molar-refractivity contribution in [3.8, 4) is 11.1 Å². The molecule has 2 N–H and O–H groups in total. The van der Waals surface area contributed by atoms with Crippen molar-refractivity contribution < 1.29 is 14.7 Å². The van der Waals surface area contributed by atoms with Crippen LogP contribution in [-0.4, -0.2) is 17.0 Å². The molecular formula is C20H14BrNO3. The van der Waals surface area contributed by atoms with Gasteiger partial charge in [-0.15, -0.1) is 0 Å². The van der Waals surface area contributed by atoms with Crippen LogP contribution in [0, 0.1) is 0 Å². The van der Waals surface area contributed by atoms with E-state index in [0.717, 1.165) is 11.1 Å². The van der Waals surface area contributed by atoms with Crippen LogP contribution in [-0.2, 0) is 0 Å². The van der Waals surface area contributed by atoms with Gasteiger partial charge in [-0.05, 0) is 41.5 Å². The van der Waals surface area contributed by atoms with Crippen molar-refractivity contribution in [3.63, 3.8) is 0 Å². The van der Waals surface area contributed by atoms with E-state index in [-0.39, 0.29) is 11.5 Å². The molecule has 3 aromatic rings. The first kappa shape index (κ1) is 16.9. The van der Waals surface area contributed by atoms with E-state index in [2.05, 4.69) is 21.2 Å². The minimum Gasteiger partial charge on any atom is -0.478 e. The Morgan fingerprint density at radius 3 is 2.08 bits per heavy atom. The van der Waals surface area contributed by atoms with Gasteiger partial charge in [-0.3, -0.25) is 4.79 Å². The summed E-state index contributed by atoms with van der Waals surface area (Å²) in [7, 11) is 0. The lowest BCUT2D eigenvalue weighted by Crippen LogP contribution is -2.12. The van der Waals surface area contributed by atoms with Crippen LogP contribution in [0.2, 0.25) is 0 Å². The molecule has 0 bridgehead atoms. The summed E-state index contributed by atoms with van der Waals surface area (Å²) in [6.45, 7) is 0.